The minimum atomic E-state index is -0.712. The van der Waals surface area contributed by atoms with Crippen molar-refractivity contribution in [2.24, 2.45) is 5.92 Å². The van der Waals surface area contributed by atoms with E-state index in [1.165, 1.54) is 0 Å². The Morgan fingerprint density at radius 2 is 2.00 bits per heavy atom. The van der Waals surface area contributed by atoms with E-state index in [1.807, 2.05) is 29.8 Å². The van der Waals surface area contributed by atoms with Crippen LogP contribution in [0.2, 0.25) is 0 Å². The van der Waals surface area contributed by atoms with Crippen LogP contribution >= 0.6 is 0 Å². The molecule has 1 atom stereocenters. The molecule has 1 aliphatic heterocycles. The van der Waals surface area contributed by atoms with Crippen molar-refractivity contribution in [3.8, 4) is 5.75 Å². The smallest absolute Gasteiger partial charge is 0.262 e. The number of nitrogens with zero attached hydrogens (tertiary/aromatic N) is 3. The number of carbonyl (C=O) groups is 2. The van der Waals surface area contributed by atoms with Gasteiger partial charge < -0.3 is 15.0 Å². The third-order valence-corrected chi connectivity index (χ3v) is 5.27. The minimum absolute atomic E-state index is 0.0231. The van der Waals surface area contributed by atoms with Crippen molar-refractivity contribution in [3.05, 3.63) is 41.2 Å². The van der Waals surface area contributed by atoms with Gasteiger partial charge in [0.25, 0.3) is 5.91 Å². The molecule has 0 bridgehead atoms. The van der Waals surface area contributed by atoms with Gasteiger partial charge in [0.1, 0.15) is 5.75 Å². The van der Waals surface area contributed by atoms with Gasteiger partial charge in [-0.2, -0.15) is 5.10 Å². The molecule has 2 aromatic rings. The molecule has 2 amide bonds. The van der Waals surface area contributed by atoms with Crippen LogP contribution in [0.15, 0.2) is 24.3 Å². The van der Waals surface area contributed by atoms with E-state index in [0.29, 0.717) is 30.2 Å². The number of nitrogens with one attached hydrogen (secondary N) is 1. The highest BCUT2D eigenvalue weighted by Crippen LogP contribution is 2.33. The zero-order valence-electron chi connectivity index (χ0n) is 17.9. The Kier molecular flexibility index (Phi) is 6.25. The Bertz CT molecular complexity index is 903. The molecular weight excluding hydrogens is 368 g/mol. The predicted octanol–water partition coefficient (Wildman–Crippen LogP) is 2.63. The first-order valence-corrected chi connectivity index (χ1v) is 10.1. The molecule has 1 aromatic heterocycles. The molecule has 0 saturated carbocycles. The van der Waals surface area contributed by atoms with E-state index in [1.54, 1.807) is 18.0 Å². The zero-order chi connectivity index (χ0) is 21.1. The number of benzene rings is 1. The number of hydrogen-bond acceptors (Lipinski definition) is 4. The van der Waals surface area contributed by atoms with Gasteiger partial charge in [-0.1, -0.05) is 26.0 Å². The second kappa shape index (κ2) is 8.68. The molecule has 0 radical (unpaired) electrons. The van der Waals surface area contributed by atoms with E-state index in [4.69, 9.17) is 4.74 Å². The first-order chi connectivity index (χ1) is 13.8. The average molecular weight is 399 g/mol. The third-order valence-electron chi connectivity index (χ3n) is 5.27. The Hall–Kier alpha value is -2.83. The molecule has 1 aliphatic rings. The normalized spacial score (nSPS) is 15.8. The van der Waals surface area contributed by atoms with Crippen LogP contribution < -0.4 is 15.0 Å². The number of anilines is 1. The summed E-state index contributed by atoms with van der Waals surface area (Å²) in [6.07, 6.45) is 0.263. The number of hydrogen-bond donors (Lipinski definition) is 1. The SMILES string of the molecule is CNC(=O)[C@@H]1CN(C(=O)CCc2c(C)nn(CC(C)C)c2C)c2ccccc2O1. The lowest BCUT2D eigenvalue weighted by atomic mass is 10.1. The summed E-state index contributed by atoms with van der Waals surface area (Å²) < 4.78 is 7.82. The molecule has 29 heavy (non-hydrogen) atoms. The number of ether oxygens (including phenoxy) is 1. The lowest BCUT2D eigenvalue weighted by Crippen LogP contribution is -2.50. The van der Waals surface area contributed by atoms with E-state index < -0.39 is 6.10 Å². The maximum atomic E-state index is 13.1. The molecule has 0 saturated heterocycles. The van der Waals surface area contributed by atoms with Gasteiger partial charge in [-0.05, 0) is 43.9 Å². The van der Waals surface area contributed by atoms with E-state index in [-0.39, 0.29) is 18.4 Å². The summed E-state index contributed by atoms with van der Waals surface area (Å²) in [4.78, 5) is 26.9. The van der Waals surface area contributed by atoms with Crippen LogP contribution in [-0.2, 0) is 22.6 Å². The van der Waals surface area contributed by atoms with Crippen molar-refractivity contribution in [2.45, 2.75) is 53.2 Å². The van der Waals surface area contributed by atoms with Crippen LogP contribution in [-0.4, -0.2) is 41.3 Å². The van der Waals surface area contributed by atoms with Crippen LogP contribution in [0.1, 0.15) is 37.2 Å². The highest BCUT2D eigenvalue weighted by molar-refractivity contribution is 5.97. The molecule has 3 rings (SSSR count). The molecule has 0 fully saturated rings. The van der Waals surface area contributed by atoms with Gasteiger partial charge in [-0.25, -0.2) is 0 Å². The molecule has 2 heterocycles. The quantitative estimate of drug-likeness (QED) is 0.812. The Morgan fingerprint density at radius 3 is 2.69 bits per heavy atom. The van der Waals surface area contributed by atoms with Crippen molar-refractivity contribution in [3.63, 3.8) is 0 Å². The summed E-state index contributed by atoms with van der Waals surface area (Å²) in [6.45, 7) is 9.46. The second-order valence-electron chi connectivity index (χ2n) is 7.92. The van der Waals surface area contributed by atoms with E-state index in [0.717, 1.165) is 23.5 Å². The van der Waals surface area contributed by atoms with Crippen LogP contribution in [0.4, 0.5) is 5.69 Å². The van der Waals surface area contributed by atoms with Crippen molar-refractivity contribution in [1.29, 1.82) is 0 Å². The first-order valence-electron chi connectivity index (χ1n) is 10.1. The van der Waals surface area contributed by atoms with Crippen LogP contribution in [0.5, 0.6) is 5.75 Å². The standard InChI is InChI=1S/C22H30N4O3/c1-14(2)12-26-16(4)17(15(3)24-26)10-11-21(27)25-13-20(22(28)23-5)29-19-9-7-6-8-18(19)25/h6-9,14,20H,10-13H2,1-5H3,(H,23,28)/t20-/m0/s1. The first kappa shape index (κ1) is 20.9. The molecule has 0 unspecified atom stereocenters. The maximum absolute atomic E-state index is 13.1. The fourth-order valence-corrected chi connectivity index (χ4v) is 3.75. The summed E-state index contributed by atoms with van der Waals surface area (Å²) >= 11 is 0. The van der Waals surface area contributed by atoms with Gasteiger partial charge in [-0.3, -0.25) is 14.3 Å². The van der Waals surface area contributed by atoms with Gasteiger partial charge in [0, 0.05) is 25.7 Å². The topological polar surface area (TPSA) is 76.5 Å². The van der Waals surface area contributed by atoms with Crippen molar-refractivity contribution < 1.29 is 14.3 Å². The van der Waals surface area contributed by atoms with Crippen molar-refractivity contribution in [1.82, 2.24) is 15.1 Å². The number of carbonyl (C=O) groups excluding carboxylic acids is 2. The molecular formula is C22H30N4O3. The Balaban J connectivity index is 1.77. The summed E-state index contributed by atoms with van der Waals surface area (Å²) in [5, 5.41) is 7.24. The largest absolute Gasteiger partial charge is 0.477 e. The van der Waals surface area contributed by atoms with E-state index in [9.17, 15) is 9.59 Å². The summed E-state index contributed by atoms with van der Waals surface area (Å²) in [5.74, 6) is 0.802. The van der Waals surface area contributed by atoms with Crippen molar-refractivity contribution >= 4 is 17.5 Å². The summed E-state index contributed by atoms with van der Waals surface area (Å²) in [5.41, 5.74) is 3.93. The van der Waals surface area contributed by atoms with Crippen LogP contribution in [0.25, 0.3) is 0 Å². The predicted molar refractivity (Wildman–Crippen MR) is 112 cm³/mol. The lowest BCUT2D eigenvalue weighted by molar-refractivity contribution is -0.127. The monoisotopic (exact) mass is 398 g/mol. The molecule has 0 aliphatic carbocycles. The van der Waals surface area contributed by atoms with Gasteiger partial charge >= 0.3 is 0 Å². The van der Waals surface area contributed by atoms with Crippen LogP contribution in [0, 0.1) is 19.8 Å². The zero-order valence-corrected chi connectivity index (χ0v) is 17.9. The number of aryl methyl sites for hydroxylation is 1. The molecule has 1 N–H and O–H groups in total. The number of fused-ring (bicyclic) bond motifs is 1. The average Bonchev–Trinajstić information content (AvgIpc) is 2.96. The number of rotatable bonds is 6. The molecule has 7 nitrogen and oxygen atoms in total. The maximum Gasteiger partial charge on any atom is 0.262 e. The Labute approximate surface area is 172 Å². The van der Waals surface area contributed by atoms with Crippen molar-refractivity contribution in [2.75, 3.05) is 18.5 Å². The molecule has 156 valence electrons. The summed E-state index contributed by atoms with van der Waals surface area (Å²) in [6, 6.07) is 7.34. The molecule has 1 aromatic carbocycles. The van der Waals surface area contributed by atoms with E-state index >= 15 is 0 Å². The van der Waals surface area contributed by atoms with Gasteiger partial charge in [-0.15, -0.1) is 0 Å². The number of aromatic nitrogens is 2. The minimum Gasteiger partial charge on any atom is -0.477 e. The van der Waals surface area contributed by atoms with Gasteiger partial charge in [0.15, 0.2) is 6.10 Å². The number of para-hydroxylation sites is 2. The summed E-state index contributed by atoms with van der Waals surface area (Å²) in [7, 11) is 1.57. The van der Waals surface area contributed by atoms with Gasteiger partial charge in [0.05, 0.1) is 17.9 Å². The fraction of sp³-hybridized carbons (Fsp3) is 0.500. The van der Waals surface area contributed by atoms with E-state index in [2.05, 4.69) is 31.2 Å². The van der Waals surface area contributed by atoms with Crippen LogP contribution in [0.3, 0.4) is 0 Å². The third kappa shape index (κ3) is 4.44. The van der Waals surface area contributed by atoms with Gasteiger partial charge in [0.2, 0.25) is 5.91 Å². The number of amides is 2. The fourth-order valence-electron chi connectivity index (χ4n) is 3.75. The second-order valence-corrected chi connectivity index (χ2v) is 7.92. The molecule has 0 spiro atoms. The highest BCUT2D eigenvalue weighted by Gasteiger charge is 2.33. The molecule has 7 heteroatoms. The lowest BCUT2D eigenvalue weighted by Gasteiger charge is -2.34. The highest BCUT2D eigenvalue weighted by atomic mass is 16.5. The number of likely N-dealkylation sites (N-methyl/N-ethyl adjacent to an activating group) is 1. The Morgan fingerprint density at radius 1 is 1.28 bits per heavy atom.